The molecule has 0 heterocycles. The Morgan fingerprint density at radius 2 is 1.07 bits per heavy atom. The van der Waals surface area contributed by atoms with E-state index in [0.29, 0.717) is 19.3 Å². The van der Waals surface area contributed by atoms with Gasteiger partial charge in [0.05, 0.1) is 18.8 Å². The summed E-state index contributed by atoms with van der Waals surface area (Å²) in [7, 11) is 0. The minimum absolute atomic E-state index is 0.352. The van der Waals surface area contributed by atoms with Gasteiger partial charge in [-0.3, -0.25) is 4.79 Å². The summed E-state index contributed by atoms with van der Waals surface area (Å²) in [5, 5.41) is 43.1. The Morgan fingerprint density at radius 1 is 0.605 bits per heavy atom. The summed E-state index contributed by atoms with van der Waals surface area (Å²) >= 11 is 0. The average molecular weight is 608 g/mol. The standard InChI is InChI=1S/C37H69NO5/c1-3-5-7-9-11-13-14-15-16-17-18-19-20-21-22-23-25-27-29-31-35(41)37(43)38-33(32-39)36(42)34(40)30-28-26-24-12-10-8-6-4-2/h4,6,12,18-19,24,33-36,39-42H,3,5,7-11,13-17,20-23,25-32H2,1-2H3,(H,38,43)/b6-4+,19-18-,24-12+. The minimum Gasteiger partial charge on any atom is -0.394 e. The second-order valence-electron chi connectivity index (χ2n) is 12.2. The quantitative estimate of drug-likeness (QED) is 0.0403. The number of nitrogens with one attached hydrogen (secondary N) is 1. The molecule has 0 aliphatic rings. The summed E-state index contributed by atoms with van der Waals surface area (Å²) in [6, 6.07) is -1.01. The summed E-state index contributed by atoms with van der Waals surface area (Å²) in [6.45, 7) is 3.76. The van der Waals surface area contributed by atoms with Crippen LogP contribution in [0.4, 0.5) is 0 Å². The Bertz CT molecular complexity index is 692. The third kappa shape index (κ3) is 26.6. The zero-order valence-electron chi connectivity index (χ0n) is 27.9. The van der Waals surface area contributed by atoms with Crippen molar-refractivity contribution in [3.05, 3.63) is 36.5 Å². The van der Waals surface area contributed by atoms with Gasteiger partial charge in [0, 0.05) is 0 Å². The van der Waals surface area contributed by atoms with Crippen molar-refractivity contribution in [1.82, 2.24) is 5.32 Å². The highest BCUT2D eigenvalue weighted by Gasteiger charge is 2.28. The van der Waals surface area contributed by atoms with Crippen molar-refractivity contribution in [1.29, 1.82) is 0 Å². The van der Waals surface area contributed by atoms with Crippen molar-refractivity contribution >= 4 is 5.91 Å². The molecule has 0 radical (unpaired) electrons. The number of hydrogen-bond acceptors (Lipinski definition) is 5. The number of allylic oxidation sites excluding steroid dienone is 6. The predicted molar refractivity (Wildman–Crippen MR) is 182 cm³/mol. The molecule has 0 saturated heterocycles. The normalized spacial score (nSPS) is 15.0. The van der Waals surface area contributed by atoms with E-state index in [4.69, 9.17) is 0 Å². The number of hydrogen-bond donors (Lipinski definition) is 5. The lowest BCUT2D eigenvalue weighted by Gasteiger charge is -2.27. The SMILES string of the molecule is C/C=C/CC/C=C/CCCC(O)C(O)C(CO)NC(=O)C(O)CCCCCCCC/C=C\CCCCCCCCCCC. The van der Waals surface area contributed by atoms with Crippen LogP contribution in [0, 0.1) is 0 Å². The molecular weight excluding hydrogens is 538 g/mol. The monoisotopic (exact) mass is 608 g/mol. The van der Waals surface area contributed by atoms with E-state index in [1.54, 1.807) is 0 Å². The number of aliphatic hydroxyl groups is 4. The van der Waals surface area contributed by atoms with E-state index in [1.165, 1.54) is 77.0 Å². The van der Waals surface area contributed by atoms with Gasteiger partial charge in [0.25, 0.3) is 0 Å². The molecule has 0 rings (SSSR count). The highest BCUT2D eigenvalue weighted by molar-refractivity contribution is 5.80. The zero-order valence-corrected chi connectivity index (χ0v) is 27.9. The van der Waals surface area contributed by atoms with Crippen LogP contribution in [0.15, 0.2) is 36.5 Å². The highest BCUT2D eigenvalue weighted by atomic mass is 16.3. The summed E-state index contributed by atoms with van der Waals surface area (Å²) in [4.78, 5) is 12.4. The molecule has 0 aromatic heterocycles. The van der Waals surface area contributed by atoms with Crippen molar-refractivity contribution in [2.45, 2.75) is 186 Å². The van der Waals surface area contributed by atoms with Crippen LogP contribution in [0.2, 0.25) is 0 Å². The largest absolute Gasteiger partial charge is 0.394 e. The van der Waals surface area contributed by atoms with Gasteiger partial charge in [0.1, 0.15) is 12.2 Å². The van der Waals surface area contributed by atoms with E-state index >= 15 is 0 Å². The van der Waals surface area contributed by atoms with Crippen LogP contribution in [0.1, 0.15) is 162 Å². The maximum absolute atomic E-state index is 12.4. The average Bonchev–Trinajstić information content (AvgIpc) is 3.01. The molecule has 5 N–H and O–H groups in total. The third-order valence-electron chi connectivity index (χ3n) is 8.15. The first-order valence-corrected chi connectivity index (χ1v) is 17.8. The van der Waals surface area contributed by atoms with Crippen molar-refractivity contribution in [2.24, 2.45) is 0 Å². The summed E-state index contributed by atoms with van der Waals surface area (Å²) in [5.41, 5.74) is 0. The van der Waals surface area contributed by atoms with E-state index in [1.807, 2.05) is 13.0 Å². The number of carbonyl (C=O) groups excluding carboxylic acids is 1. The third-order valence-corrected chi connectivity index (χ3v) is 8.15. The Labute approximate surface area is 265 Å². The fourth-order valence-corrected chi connectivity index (χ4v) is 5.24. The van der Waals surface area contributed by atoms with Crippen LogP contribution in [-0.4, -0.2) is 57.3 Å². The molecular formula is C37H69NO5. The minimum atomic E-state index is -1.29. The maximum Gasteiger partial charge on any atom is 0.249 e. The van der Waals surface area contributed by atoms with E-state index in [0.717, 1.165) is 51.4 Å². The van der Waals surface area contributed by atoms with Gasteiger partial charge >= 0.3 is 0 Å². The maximum atomic E-state index is 12.4. The summed E-state index contributed by atoms with van der Waals surface area (Å²) in [5.74, 6) is -0.608. The van der Waals surface area contributed by atoms with E-state index < -0.39 is 36.9 Å². The molecule has 43 heavy (non-hydrogen) atoms. The van der Waals surface area contributed by atoms with Crippen molar-refractivity contribution < 1.29 is 25.2 Å². The molecule has 0 fully saturated rings. The van der Waals surface area contributed by atoms with Crippen LogP contribution in [-0.2, 0) is 4.79 Å². The lowest BCUT2D eigenvalue weighted by Crippen LogP contribution is -2.53. The second-order valence-corrected chi connectivity index (χ2v) is 12.2. The summed E-state index contributed by atoms with van der Waals surface area (Å²) in [6.07, 6.45) is 34.8. The molecule has 0 spiro atoms. The molecule has 0 aromatic rings. The predicted octanol–water partition coefficient (Wildman–Crippen LogP) is 8.23. The summed E-state index contributed by atoms with van der Waals surface area (Å²) < 4.78 is 0. The van der Waals surface area contributed by atoms with Crippen LogP contribution in [0.3, 0.4) is 0 Å². The number of carbonyl (C=O) groups is 1. The molecule has 0 aliphatic carbocycles. The van der Waals surface area contributed by atoms with Gasteiger partial charge in [0.2, 0.25) is 5.91 Å². The van der Waals surface area contributed by atoms with Gasteiger partial charge < -0.3 is 25.7 Å². The topological polar surface area (TPSA) is 110 Å². The molecule has 0 aromatic carbocycles. The Balaban J connectivity index is 3.80. The first-order chi connectivity index (χ1) is 21.0. The van der Waals surface area contributed by atoms with Gasteiger partial charge in [-0.2, -0.15) is 0 Å². The van der Waals surface area contributed by atoms with Crippen molar-refractivity contribution in [2.75, 3.05) is 6.61 Å². The fourth-order valence-electron chi connectivity index (χ4n) is 5.24. The van der Waals surface area contributed by atoms with Crippen LogP contribution in [0.25, 0.3) is 0 Å². The van der Waals surface area contributed by atoms with Crippen LogP contribution in [0.5, 0.6) is 0 Å². The second kappa shape index (κ2) is 31.9. The molecule has 1 amide bonds. The van der Waals surface area contributed by atoms with Crippen molar-refractivity contribution in [3.63, 3.8) is 0 Å². The van der Waals surface area contributed by atoms with Gasteiger partial charge in [-0.1, -0.05) is 127 Å². The number of unbranched alkanes of at least 4 members (excludes halogenated alkanes) is 17. The molecule has 6 heteroatoms. The van der Waals surface area contributed by atoms with E-state index in [9.17, 15) is 25.2 Å². The van der Waals surface area contributed by atoms with Gasteiger partial charge in [-0.05, 0) is 71.1 Å². The Morgan fingerprint density at radius 3 is 1.60 bits per heavy atom. The fraction of sp³-hybridized carbons (Fsp3) is 0.811. The Hall–Kier alpha value is -1.47. The zero-order chi connectivity index (χ0) is 31.8. The number of aliphatic hydroxyl groups excluding tert-OH is 4. The molecule has 0 aliphatic heterocycles. The van der Waals surface area contributed by atoms with Gasteiger partial charge in [-0.15, -0.1) is 0 Å². The molecule has 0 bridgehead atoms. The smallest absolute Gasteiger partial charge is 0.249 e. The van der Waals surface area contributed by atoms with E-state index in [2.05, 4.69) is 42.6 Å². The highest BCUT2D eigenvalue weighted by Crippen LogP contribution is 2.14. The lowest BCUT2D eigenvalue weighted by atomic mass is 10.00. The van der Waals surface area contributed by atoms with Crippen LogP contribution < -0.4 is 5.32 Å². The molecule has 6 nitrogen and oxygen atoms in total. The van der Waals surface area contributed by atoms with Gasteiger partial charge in [-0.25, -0.2) is 0 Å². The molecule has 0 saturated carbocycles. The Kier molecular flexibility index (Phi) is 30.8. The number of rotatable bonds is 31. The van der Waals surface area contributed by atoms with Gasteiger partial charge in [0.15, 0.2) is 0 Å². The molecule has 4 atom stereocenters. The molecule has 252 valence electrons. The first-order valence-electron chi connectivity index (χ1n) is 17.8. The molecule has 4 unspecified atom stereocenters. The first kappa shape index (κ1) is 41.5. The lowest BCUT2D eigenvalue weighted by molar-refractivity contribution is -0.132. The van der Waals surface area contributed by atoms with Crippen molar-refractivity contribution in [3.8, 4) is 0 Å². The van der Waals surface area contributed by atoms with E-state index in [-0.39, 0.29) is 0 Å². The van der Waals surface area contributed by atoms with Crippen LogP contribution >= 0.6 is 0 Å². The number of amides is 1.